The van der Waals surface area contributed by atoms with Crippen molar-refractivity contribution in [3.8, 4) is 0 Å². The quantitative estimate of drug-likeness (QED) is 0.507. The second kappa shape index (κ2) is 7.81. The Labute approximate surface area is 103 Å². The lowest BCUT2D eigenvalue weighted by atomic mass is 10.5. The number of rotatable bonds is 8. The Kier molecular flexibility index (Phi) is 6.68. The monoisotopic (exact) mass is 246 g/mol. The average molecular weight is 246 g/mol. The van der Waals surface area contributed by atoms with Gasteiger partial charge in [-0.05, 0) is 31.0 Å². The van der Waals surface area contributed by atoms with E-state index in [0.29, 0.717) is 6.61 Å². The van der Waals surface area contributed by atoms with Crippen LogP contribution in [0.1, 0.15) is 12.8 Å². The Balaban J connectivity index is 1.94. The molecule has 0 aromatic rings. The largest absolute Gasteiger partial charge is 0.383 e. The number of thiocarbonyl (C=S) groups is 1. The van der Waals surface area contributed by atoms with E-state index < -0.39 is 0 Å². The van der Waals surface area contributed by atoms with E-state index >= 15 is 0 Å². The van der Waals surface area contributed by atoms with Crippen LogP contribution in [0.3, 0.4) is 0 Å². The van der Waals surface area contributed by atoms with Crippen LogP contribution in [0.15, 0.2) is 0 Å². The van der Waals surface area contributed by atoms with Gasteiger partial charge in [-0.2, -0.15) is 0 Å². The molecule has 0 radical (unpaired) electrons. The highest BCUT2D eigenvalue weighted by Crippen LogP contribution is 2.28. The van der Waals surface area contributed by atoms with Gasteiger partial charge < -0.3 is 19.7 Å². The number of ether oxygens (including phenoxy) is 2. The zero-order valence-corrected chi connectivity index (χ0v) is 11.0. The Morgan fingerprint density at radius 1 is 1.44 bits per heavy atom. The van der Waals surface area contributed by atoms with Crippen LogP contribution < -0.4 is 5.32 Å². The Hall–Kier alpha value is -0.390. The summed E-state index contributed by atoms with van der Waals surface area (Å²) in [6.45, 7) is 3.93. The summed E-state index contributed by atoms with van der Waals surface area (Å²) in [5.41, 5.74) is 0. The summed E-state index contributed by atoms with van der Waals surface area (Å²) in [5, 5.41) is 3.88. The predicted molar refractivity (Wildman–Crippen MR) is 68.6 cm³/mol. The van der Waals surface area contributed by atoms with Crippen LogP contribution in [0.2, 0.25) is 0 Å². The van der Waals surface area contributed by atoms with E-state index in [-0.39, 0.29) is 0 Å². The molecule has 0 saturated heterocycles. The van der Waals surface area contributed by atoms with Crippen molar-refractivity contribution >= 4 is 17.3 Å². The Morgan fingerprint density at radius 3 is 2.81 bits per heavy atom. The summed E-state index contributed by atoms with van der Waals surface area (Å²) in [4.78, 5) is 2.00. The Bertz CT molecular complexity index is 210. The first-order chi connectivity index (χ1) is 7.74. The summed E-state index contributed by atoms with van der Waals surface area (Å²) in [6, 6.07) is 0. The van der Waals surface area contributed by atoms with E-state index in [2.05, 4.69) is 5.32 Å². The maximum absolute atomic E-state index is 5.55. The van der Waals surface area contributed by atoms with Crippen LogP contribution in [-0.2, 0) is 9.47 Å². The highest BCUT2D eigenvalue weighted by molar-refractivity contribution is 7.80. The second-order valence-electron chi connectivity index (χ2n) is 4.16. The lowest BCUT2D eigenvalue weighted by molar-refractivity contribution is 0.115. The lowest BCUT2D eigenvalue weighted by Crippen LogP contribution is -2.40. The van der Waals surface area contributed by atoms with Crippen LogP contribution in [0.5, 0.6) is 0 Å². The molecule has 94 valence electrons. The number of methoxy groups -OCH3 is 1. The van der Waals surface area contributed by atoms with Gasteiger partial charge >= 0.3 is 0 Å². The van der Waals surface area contributed by atoms with Crippen molar-refractivity contribution in [2.75, 3.05) is 47.1 Å². The molecule has 1 aliphatic carbocycles. The minimum absolute atomic E-state index is 0.673. The molecule has 1 fully saturated rings. The molecule has 0 heterocycles. The maximum Gasteiger partial charge on any atom is 0.168 e. The third kappa shape index (κ3) is 6.25. The van der Waals surface area contributed by atoms with Crippen LogP contribution >= 0.6 is 12.2 Å². The minimum atomic E-state index is 0.673. The van der Waals surface area contributed by atoms with Crippen molar-refractivity contribution < 1.29 is 9.47 Å². The first kappa shape index (κ1) is 13.7. The molecule has 0 aliphatic heterocycles. The smallest absolute Gasteiger partial charge is 0.168 e. The van der Waals surface area contributed by atoms with Gasteiger partial charge in [0.15, 0.2) is 5.11 Å². The fourth-order valence-electron chi connectivity index (χ4n) is 1.23. The molecule has 5 heteroatoms. The average Bonchev–Trinajstić information content (AvgIpc) is 3.08. The molecule has 1 saturated carbocycles. The number of hydrogen-bond donors (Lipinski definition) is 1. The molecular weight excluding hydrogens is 224 g/mol. The van der Waals surface area contributed by atoms with Gasteiger partial charge in [0.1, 0.15) is 0 Å². The predicted octanol–water partition coefficient (Wildman–Crippen LogP) is 0.866. The summed E-state index contributed by atoms with van der Waals surface area (Å²) >= 11 is 5.21. The molecule has 0 amide bonds. The molecule has 0 bridgehead atoms. The maximum atomic E-state index is 5.55. The molecular formula is C11H22N2O2S. The van der Waals surface area contributed by atoms with E-state index in [1.165, 1.54) is 12.8 Å². The second-order valence-corrected chi connectivity index (χ2v) is 4.55. The summed E-state index contributed by atoms with van der Waals surface area (Å²) in [7, 11) is 3.66. The van der Waals surface area contributed by atoms with Gasteiger partial charge in [0, 0.05) is 33.9 Å². The third-order valence-electron chi connectivity index (χ3n) is 2.55. The molecule has 4 nitrogen and oxygen atoms in total. The molecule has 0 spiro atoms. The fourth-order valence-corrected chi connectivity index (χ4v) is 1.43. The van der Waals surface area contributed by atoms with Gasteiger partial charge in [-0.3, -0.25) is 0 Å². The number of nitrogens with zero attached hydrogens (tertiary/aromatic N) is 1. The van der Waals surface area contributed by atoms with Crippen LogP contribution in [0.4, 0.5) is 0 Å². The zero-order chi connectivity index (χ0) is 11.8. The van der Waals surface area contributed by atoms with Crippen LogP contribution in [-0.4, -0.2) is 57.1 Å². The van der Waals surface area contributed by atoms with Crippen molar-refractivity contribution in [2.24, 2.45) is 5.92 Å². The van der Waals surface area contributed by atoms with Crippen molar-refractivity contribution in [2.45, 2.75) is 12.8 Å². The van der Waals surface area contributed by atoms with Gasteiger partial charge in [-0.25, -0.2) is 0 Å². The highest BCUT2D eigenvalue weighted by atomic mass is 32.1. The van der Waals surface area contributed by atoms with E-state index in [0.717, 1.165) is 37.3 Å². The summed E-state index contributed by atoms with van der Waals surface area (Å²) in [5.74, 6) is 0.831. The fraction of sp³-hybridized carbons (Fsp3) is 0.909. The standard InChI is InChI=1S/C11H22N2O2S/c1-13(11(16)12-5-7-14-2)6-8-15-9-10-3-4-10/h10H,3-9H2,1-2H3,(H,12,16). The van der Waals surface area contributed by atoms with Crippen molar-refractivity contribution in [3.05, 3.63) is 0 Å². The molecule has 1 N–H and O–H groups in total. The normalized spacial score (nSPS) is 14.9. The van der Waals surface area contributed by atoms with E-state index in [1.54, 1.807) is 7.11 Å². The van der Waals surface area contributed by atoms with Gasteiger partial charge in [-0.15, -0.1) is 0 Å². The van der Waals surface area contributed by atoms with Crippen molar-refractivity contribution in [1.82, 2.24) is 10.2 Å². The van der Waals surface area contributed by atoms with Gasteiger partial charge in [0.25, 0.3) is 0 Å². The molecule has 0 atom stereocenters. The molecule has 16 heavy (non-hydrogen) atoms. The van der Waals surface area contributed by atoms with E-state index in [4.69, 9.17) is 21.7 Å². The molecule has 0 aromatic heterocycles. The van der Waals surface area contributed by atoms with Crippen LogP contribution in [0, 0.1) is 5.92 Å². The third-order valence-corrected chi connectivity index (χ3v) is 3.01. The summed E-state index contributed by atoms with van der Waals surface area (Å²) in [6.07, 6.45) is 2.68. The van der Waals surface area contributed by atoms with Crippen molar-refractivity contribution in [1.29, 1.82) is 0 Å². The SMILES string of the molecule is COCCNC(=S)N(C)CCOCC1CC1. The number of hydrogen-bond acceptors (Lipinski definition) is 3. The first-order valence-electron chi connectivity index (χ1n) is 5.79. The topological polar surface area (TPSA) is 33.7 Å². The van der Waals surface area contributed by atoms with E-state index in [9.17, 15) is 0 Å². The first-order valence-corrected chi connectivity index (χ1v) is 6.20. The highest BCUT2D eigenvalue weighted by Gasteiger charge is 2.20. The number of likely N-dealkylation sites (N-methyl/N-ethyl adjacent to an activating group) is 1. The summed E-state index contributed by atoms with van der Waals surface area (Å²) < 4.78 is 10.5. The lowest BCUT2D eigenvalue weighted by Gasteiger charge is -2.20. The molecule has 1 aliphatic rings. The molecule has 0 unspecified atom stereocenters. The Morgan fingerprint density at radius 2 is 2.19 bits per heavy atom. The van der Waals surface area contributed by atoms with Crippen molar-refractivity contribution in [3.63, 3.8) is 0 Å². The molecule has 0 aromatic carbocycles. The van der Waals surface area contributed by atoms with E-state index in [1.807, 2.05) is 11.9 Å². The van der Waals surface area contributed by atoms with Gasteiger partial charge in [0.05, 0.1) is 13.2 Å². The molecule has 1 rings (SSSR count). The minimum Gasteiger partial charge on any atom is -0.383 e. The van der Waals surface area contributed by atoms with Gasteiger partial charge in [0.2, 0.25) is 0 Å². The number of nitrogens with one attached hydrogen (secondary N) is 1. The van der Waals surface area contributed by atoms with Gasteiger partial charge in [-0.1, -0.05) is 0 Å². The zero-order valence-electron chi connectivity index (χ0n) is 10.2. The van der Waals surface area contributed by atoms with Crippen LogP contribution in [0.25, 0.3) is 0 Å².